The van der Waals surface area contributed by atoms with E-state index in [0.717, 1.165) is 34.5 Å². The van der Waals surface area contributed by atoms with Gasteiger partial charge in [0.25, 0.3) is 0 Å². The molecule has 1 heterocycles. The number of hydrogen-bond donors (Lipinski definition) is 2. The molecule has 1 aromatic rings. The Kier molecular flexibility index (Phi) is 5.07. The second kappa shape index (κ2) is 6.59. The van der Waals surface area contributed by atoms with E-state index in [0.29, 0.717) is 12.0 Å². The van der Waals surface area contributed by atoms with E-state index in [-0.39, 0.29) is 13.4 Å². The molecule has 0 amide bonds. The first-order chi connectivity index (χ1) is 9.11. The van der Waals surface area contributed by atoms with Crippen molar-refractivity contribution in [2.75, 3.05) is 13.4 Å². The molecule has 0 fully saturated rings. The summed E-state index contributed by atoms with van der Waals surface area (Å²) in [5, 5.41) is 12.5. The van der Waals surface area contributed by atoms with Crippen molar-refractivity contribution >= 4 is 15.9 Å². The van der Waals surface area contributed by atoms with Gasteiger partial charge >= 0.3 is 0 Å². The highest BCUT2D eigenvalue weighted by molar-refractivity contribution is 9.10. The number of hydrogen-bond acceptors (Lipinski definition) is 4. The molecule has 0 radical (unpaired) electrons. The zero-order valence-electron chi connectivity index (χ0n) is 11.3. The van der Waals surface area contributed by atoms with Crippen molar-refractivity contribution < 1.29 is 14.6 Å². The summed E-state index contributed by atoms with van der Waals surface area (Å²) in [6.45, 7) is 5.55. The minimum atomic E-state index is 0.209. The molecule has 0 spiro atoms. The van der Waals surface area contributed by atoms with Gasteiger partial charge in [0.1, 0.15) is 0 Å². The fraction of sp³-hybridized carbons (Fsp3) is 0.571. The van der Waals surface area contributed by atoms with E-state index in [9.17, 15) is 0 Å². The second-order valence-electron chi connectivity index (χ2n) is 5.06. The van der Waals surface area contributed by atoms with Gasteiger partial charge in [0.15, 0.2) is 11.5 Å². The maximum absolute atomic E-state index is 9.07. The summed E-state index contributed by atoms with van der Waals surface area (Å²) in [6.07, 6.45) is 0.767. The fourth-order valence-electron chi connectivity index (χ4n) is 2.18. The lowest BCUT2D eigenvalue weighted by Crippen LogP contribution is -2.34. The van der Waals surface area contributed by atoms with Crippen molar-refractivity contribution in [2.24, 2.45) is 5.92 Å². The van der Waals surface area contributed by atoms with Crippen LogP contribution in [0.15, 0.2) is 16.6 Å². The third-order valence-electron chi connectivity index (χ3n) is 3.30. The molecule has 0 aromatic heterocycles. The minimum absolute atomic E-state index is 0.209. The van der Waals surface area contributed by atoms with Gasteiger partial charge in [-0.3, -0.25) is 0 Å². The van der Waals surface area contributed by atoms with Crippen molar-refractivity contribution in [2.45, 2.75) is 32.9 Å². The van der Waals surface area contributed by atoms with Crippen LogP contribution < -0.4 is 14.8 Å². The number of aliphatic hydroxyl groups is 1. The van der Waals surface area contributed by atoms with Crippen LogP contribution in [-0.4, -0.2) is 24.5 Å². The van der Waals surface area contributed by atoms with Gasteiger partial charge in [-0.05, 0) is 46.0 Å². The highest BCUT2D eigenvalue weighted by Crippen LogP contribution is 2.39. The standard InChI is InChI=1S/C14H20BrNO3/c1-9(2)12(3-4-17)16-7-10-5-11(15)14-13(6-10)18-8-19-14/h5-6,9,12,16-17H,3-4,7-8H2,1-2H3. The lowest BCUT2D eigenvalue weighted by Gasteiger charge is -2.21. The van der Waals surface area contributed by atoms with Crippen LogP contribution in [-0.2, 0) is 6.54 Å². The maximum atomic E-state index is 9.07. The molecular formula is C14H20BrNO3. The lowest BCUT2D eigenvalue weighted by atomic mass is 10.0. The van der Waals surface area contributed by atoms with Gasteiger partial charge in [0, 0.05) is 19.2 Å². The Labute approximate surface area is 122 Å². The molecule has 1 aromatic carbocycles. The van der Waals surface area contributed by atoms with Crippen molar-refractivity contribution in [3.05, 3.63) is 22.2 Å². The Morgan fingerprint density at radius 2 is 2.16 bits per heavy atom. The average molecular weight is 330 g/mol. The number of ether oxygens (including phenoxy) is 2. The topological polar surface area (TPSA) is 50.7 Å². The van der Waals surface area contributed by atoms with Gasteiger partial charge in [0.2, 0.25) is 6.79 Å². The summed E-state index contributed by atoms with van der Waals surface area (Å²) < 4.78 is 11.7. The largest absolute Gasteiger partial charge is 0.454 e. The van der Waals surface area contributed by atoms with Gasteiger partial charge in [-0.25, -0.2) is 0 Å². The first kappa shape index (κ1) is 14.6. The maximum Gasteiger partial charge on any atom is 0.231 e. The monoisotopic (exact) mass is 329 g/mol. The lowest BCUT2D eigenvalue weighted by molar-refractivity contribution is 0.173. The first-order valence-corrected chi connectivity index (χ1v) is 7.33. The van der Waals surface area contributed by atoms with Crippen LogP contribution in [0.4, 0.5) is 0 Å². The molecule has 1 aliphatic rings. The minimum Gasteiger partial charge on any atom is -0.454 e. The number of rotatable bonds is 6. The van der Waals surface area contributed by atoms with E-state index in [4.69, 9.17) is 14.6 Å². The van der Waals surface area contributed by atoms with Gasteiger partial charge in [0.05, 0.1) is 4.47 Å². The second-order valence-corrected chi connectivity index (χ2v) is 5.91. The summed E-state index contributed by atoms with van der Waals surface area (Å²) in [7, 11) is 0. The van der Waals surface area contributed by atoms with E-state index >= 15 is 0 Å². The molecular weight excluding hydrogens is 310 g/mol. The number of halogens is 1. The predicted octanol–water partition coefficient (Wildman–Crippen LogP) is 2.67. The molecule has 5 heteroatoms. The summed E-state index contributed by atoms with van der Waals surface area (Å²) in [5.41, 5.74) is 1.14. The zero-order valence-corrected chi connectivity index (χ0v) is 12.9. The highest BCUT2D eigenvalue weighted by Gasteiger charge is 2.18. The molecule has 2 N–H and O–H groups in total. The Morgan fingerprint density at radius 1 is 1.37 bits per heavy atom. The smallest absolute Gasteiger partial charge is 0.231 e. The Bertz CT molecular complexity index is 437. The summed E-state index contributed by atoms with van der Waals surface area (Å²) in [4.78, 5) is 0. The molecule has 19 heavy (non-hydrogen) atoms. The van der Waals surface area contributed by atoms with E-state index in [1.165, 1.54) is 0 Å². The normalized spacial score (nSPS) is 15.0. The molecule has 0 saturated heterocycles. The SMILES string of the molecule is CC(C)C(CCO)NCc1cc(Br)c2c(c1)OCO2. The predicted molar refractivity (Wildman–Crippen MR) is 77.4 cm³/mol. The van der Waals surface area contributed by atoms with Crippen LogP contribution in [0.25, 0.3) is 0 Å². The average Bonchev–Trinajstić information content (AvgIpc) is 2.82. The third-order valence-corrected chi connectivity index (χ3v) is 3.89. The summed E-state index contributed by atoms with van der Waals surface area (Å²) in [5.74, 6) is 2.05. The molecule has 1 aliphatic heterocycles. The summed E-state index contributed by atoms with van der Waals surface area (Å²) in [6, 6.07) is 4.35. The van der Waals surface area contributed by atoms with Crippen LogP contribution >= 0.6 is 15.9 Å². The van der Waals surface area contributed by atoms with Crippen LogP contribution in [0.2, 0.25) is 0 Å². The molecule has 4 nitrogen and oxygen atoms in total. The molecule has 0 aliphatic carbocycles. The first-order valence-electron chi connectivity index (χ1n) is 6.54. The Morgan fingerprint density at radius 3 is 2.84 bits per heavy atom. The van der Waals surface area contributed by atoms with Crippen LogP contribution in [0.1, 0.15) is 25.8 Å². The Hall–Kier alpha value is -0.780. The third kappa shape index (κ3) is 3.61. The molecule has 1 unspecified atom stereocenters. The number of aliphatic hydroxyl groups excluding tert-OH is 1. The van der Waals surface area contributed by atoms with E-state index in [1.54, 1.807) is 0 Å². The molecule has 0 bridgehead atoms. The van der Waals surface area contributed by atoms with Crippen molar-refractivity contribution in [1.82, 2.24) is 5.32 Å². The van der Waals surface area contributed by atoms with Crippen molar-refractivity contribution in [1.29, 1.82) is 0 Å². The molecule has 106 valence electrons. The number of benzene rings is 1. The van der Waals surface area contributed by atoms with Gasteiger partial charge in [-0.1, -0.05) is 13.8 Å². The number of fused-ring (bicyclic) bond motifs is 1. The number of nitrogens with one attached hydrogen (secondary N) is 1. The van der Waals surface area contributed by atoms with Gasteiger partial charge in [-0.2, -0.15) is 0 Å². The van der Waals surface area contributed by atoms with Crippen molar-refractivity contribution in [3.8, 4) is 11.5 Å². The molecule has 1 atom stereocenters. The quantitative estimate of drug-likeness (QED) is 0.842. The molecule has 0 saturated carbocycles. The van der Waals surface area contributed by atoms with Crippen LogP contribution in [0.5, 0.6) is 11.5 Å². The zero-order chi connectivity index (χ0) is 13.8. The molecule has 2 rings (SSSR count). The van der Waals surface area contributed by atoms with E-state index in [2.05, 4.69) is 35.1 Å². The highest BCUT2D eigenvalue weighted by atomic mass is 79.9. The van der Waals surface area contributed by atoms with Crippen LogP contribution in [0, 0.1) is 5.92 Å². The van der Waals surface area contributed by atoms with Crippen LogP contribution in [0.3, 0.4) is 0 Å². The van der Waals surface area contributed by atoms with E-state index in [1.807, 2.05) is 12.1 Å². The van der Waals surface area contributed by atoms with Gasteiger partial charge in [-0.15, -0.1) is 0 Å². The fourth-order valence-corrected chi connectivity index (χ4v) is 2.79. The van der Waals surface area contributed by atoms with Gasteiger partial charge < -0.3 is 19.9 Å². The Balaban J connectivity index is 2.01. The van der Waals surface area contributed by atoms with Crippen molar-refractivity contribution in [3.63, 3.8) is 0 Å². The summed E-state index contributed by atoms with van der Waals surface area (Å²) >= 11 is 3.49. The van der Waals surface area contributed by atoms with E-state index < -0.39 is 0 Å².